The number of halogens is 2. The van der Waals surface area contributed by atoms with Crippen molar-refractivity contribution in [3.8, 4) is 5.75 Å². The monoisotopic (exact) mass is 284 g/mol. The van der Waals surface area contributed by atoms with E-state index in [1.807, 2.05) is 0 Å². The molecule has 0 fully saturated rings. The summed E-state index contributed by atoms with van der Waals surface area (Å²) in [6.07, 6.45) is 6.75. The van der Waals surface area contributed by atoms with Gasteiger partial charge in [0.25, 0.3) is 0 Å². The predicted octanol–water partition coefficient (Wildman–Crippen LogP) is 4.73. The molecule has 0 aliphatic heterocycles. The third-order valence-corrected chi connectivity index (χ3v) is 2.84. The molecule has 0 unspecified atom stereocenters. The maximum atomic E-state index is 9.59. The lowest BCUT2D eigenvalue weighted by molar-refractivity contribution is 0.429. The Kier molecular flexibility index (Phi) is 5.83. The van der Waals surface area contributed by atoms with Crippen LogP contribution >= 0.6 is 23.2 Å². The second kappa shape index (κ2) is 7.14. The molecule has 1 rings (SSSR count). The Hall–Kier alpha value is -1.38. The van der Waals surface area contributed by atoms with E-state index in [4.69, 9.17) is 23.2 Å². The van der Waals surface area contributed by atoms with Crippen molar-refractivity contribution < 1.29 is 10.2 Å². The van der Waals surface area contributed by atoms with Crippen molar-refractivity contribution in [1.82, 2.24) is 0 Å². The lowest BCUT2D eigenvalue weighted by Gasteiger charge is -2.02. The molecule has 0 aliphatic carbocycles. The molecule has 4 heteroatoms. The molecule has 96 valence electrons. The molecular formula is C14H14Cl2O2. The molecule has 2 nitrogen and oxygen atoms in total. The van der Waals surface area contributed by atoms with Crippen molar-refractivity contribution >= 4 is 23.2 Å². The van der Waals surface area contributed by atoms with Crippen LogP contribution in [0, 0.1) is 0 Å². The van der Waals surface area contributed by atoms with Gasteiger partial charge in [0.05, 0.1) is 0 Å². The van der Waals surface area contributed by atoms with Crippen LogP contribution < -0.4 is 0 Å². The standard InChI is InChI=1S/C14H14Cl2O2/c1-2-11(15)4-7-13(17)6-3-10-9-12(16)5-8-14(10)18/h2,4-9,17-18H,3H2,1H3/b7-4-,11-2+,13-6-. The van der Waals surface area contributed by atoms with Gasteiger partial charge in [-0.05, 0) is 55.3 Å². The highest BCUT2D eigenvalue weighted by Gasteiger charge is 2.00. The number of allylic oxidation sites excluding steroid dienone is 5. The summed E-state index contributed by atoms with van der Waals surface area (Å²) < 4.78 is 0. The maximum Gasteiger partial charge on any atom is 0.119 e. The van der Waals surface area contributed by atoms with E-state index in [1.54, 1.807) is 37.3 Å². The lowest BCUT2D eigenvalue weighted by atomic mass is 10.1. The van der Waals surface area contributed by atoms with Crippen LogP contribution in [0.3, 0.4) is 0 Å². The zero-order valence-electron chi connectivity index (χ0n) is 9.90. The molecule has 0 spiro atoms. The summed E-state index contributed by atoms with van der Waals surface area (Å²) in [6.45, 7) is 1.80. The van der Waals surface area contributed by atoms with E-state index < -0.39 is 0 Å². The molecule has 0 heterocycles. The van der Waals surface area contributed by atoms with Gasteiger partial charge in [0.1, 0.15) is 11.5 Å². The smallest absolute Gasteiger partial charge is 0.119 e. The van der Waals surface area contributed by atoms with E-state index in [0.29, 0.717) is 22.0 Å². The van der Waals surface area contributed by atoms with Gasteiger partial charge >= 0.3 is 0 Å². The fourth-order valence-corrected chi connectivity index (χ4v) is 1.52. The molecule has 0 aliphatic rings. The molecule has 0 bridgehead atoms. The summed E-state index contributed by atoms with van der Waals surface area (Å²) >= 11 is 11.6. The number of hydrogen-bond acceptors (Lipinski definition) is 2. The van der Waals surface area contributed by atoms with Crippen LogP contribution in [0.1, 0.15) is 12.5 Å². The van der Waals surface area contributed by atoms with E-state index in [-0.39, 0.29) is 11.5 Å². The molecule has 0 saturated heterocycles. The number of phenolic OH excluding ortho intramolecular Hbond substituents is 1. The first-order valence-corrected chi connectivity index (χ1v) is 6.15. The largest absolute Gasteiger partial charge is 0.508 e. The number of phenols is 1. The van der Waals surface area contributed by atoms with Crippen molar-refractivity contribution in [3.05, 3.63) is 63.9 Å². The normalized spacial score (nSPS) is 13.3. The van der Waals surface area contributed by atoms with E-state index in [0.717, 1.165) is 0 Å². The average molecular weight is 285 g/mol. The minimum atomic E-state index is 0.0781. The summed E-state index contributed by atoms with van der Waals surface area (Å²) in [5.41, 5.74) is 0.652. The van der Waals surface area contributed by atoms with E-state index in [9.17, 15) is 10.2 Å². The van der Waals surface area contributed by atoms with Gasteiger partial charge < -0.3 is 10.2 Å². The third kappa shape index (κ3) is 4.86. The van der Waals surface area contributed by atoms with Gasteiger partial charge in [-0.1, -0.05) is 29.3 Å². The molecular weight excluding hydrogens is 271 g/mol. The Bertz CT molecular complexity index is 503. The molecule has 0 aromatic heterocycles. The summed E-state index contributed by atoms with van der Waals surface area (Å²) in [6, 6.07) is 4.79. The minimum absolute atomic E-state index is 0.0781. The van der Waals surface area contributed by atoms with Crippen molar-refractivity contribution in [2.24, 2.45) is 0 Å². The van der Waals surface area contributed by atoms with Gasteiger partial charge in [0.2, 0.25) is 0 Å². The number of hydrogen-bond donors (Lipinski definition) is 2. The van der Waals surface area contributed by atoms with Gasteiger partial charge in [-0.2, -0.15) is 0 Å². The second-order valence-corrected chi connectivity index (χ2v) is 4.49. The summed E-state index contributed by atoms with van der Waals surface area (Å²) in [5, 5.41) is 20.3. The van der Waals surface area contributed by atoms with E-state index in [1.165, 1.54) is 12.1 Å². The highest BCUT2D eigenvalue weighted by molar-refractivity contribution is 6.31. The first-order chi connectivity index (χ1) is 8.52. The van der Waals surface area contributed by atoms with Crippen LogP contribution in [0.15, 0.2) is 53.3 Å². The number of benzene rings is 1. The van der Waals surface area contributed by atoms with Crippen molar-refractivity contribution in [2.75, 3.05) is 0 Å². The van der Waals surface area contributed by atoms with Gasteiger partial charge in [0, 0.05) is 10.1 Å². The molecule has 0 radical (unpaired) electrons. The summed E-state index contributed by atoms with van der Waals surface area (Å²) in [5.74, 6) is 0.230. The molecule has 0 atom stereocenters. The van der Waals surface area contributed by atoms with Crippen molar-refractivity contribution in [3.63, 3.8) is 0 Å². The van der Waals surface area contributed by atoms with Crippen LogP contribution in [0.2, 0.25) is 5.02 Å². The molecule has 18 heavy (non-hydrogen) atoms. The third-order valence-electron chi connectivity index (χ3n) is 2.26. The Morgan fingerprint density at radius 2 is 2.06 bits per heavy atom. The topological polar surface area (TPSA) is 40.5 Å². The van der Waals surface area contributed by atoms with Crippen LogP contribution in [0.5, 0.6) is 5.75 Å². The SMILES string of the molecule is C\C=C(Cl)/C=C\C(O)=C\Cc1cc(Cl)ccc1O. The minimum Gasteiger partial charge on any atom is -0.508 e. The quantitative estimate of drug-likeness (QED) is 0.620. The highest BCUT2D eigenvalue weighted by atomic mass is 35.5. The molecule has 1 aromatic rings. The molecule has 0 saturated carbocycles. The van der Waals surface area contributed by atoms with Crippen LogP contribution in [0.4, 0.5) is 0 Å². The average Bonchev–Trinajstić information content (AvgIpc) is 2.36. The number of aliphatic hydroxyl groups is 1. The zero-order chi connectivity index (χ0) is 13.5. The Morgan fingerprint density at radius 3 is 2.72 bits per heavy atom. The number of aromatic hydroxyl groups is 1. The molecule has 1 aromatic carbocycles. The number of rotatable bonds is 4. The lowest BCUT2D eigenvalue weighted by Crippen LogP contribution is -1.85. The Labute approximate surface area is 116 Å². The fraction of sp³-hybridized carbons (Fsp3) is 0.143. The predicted molar refractivity (Wildman–Crippen MR) is 76.3 cm³/mol. The van der Waals surface area contributed by atoms with Gasteiger partial charge in [-0.15, -0.1) is 0 Å². The van der Waals surface area contributed by atoms with Crippen molar-refractivity contribution in [1.29, 1.82) is 0 Å². The van der Waals surface area contributed by atoms with E-state index >= 15 is 0 Å². The molecule has 2 N–H and O–H groups in total. The summed E-state index contributed by atoms with van der Waals surface area (Å²) in [4.78, 5) is 0. The maximum absolute atomic E-state index is 9.59. The van der Waals surface area contributed by atoms with E-state index in [2.05, 4.69) is 0 Å². The van der Waals surface area contributed by atoms with Crippen LogP contribution in [0.25, 0.3) is 0 Å². The van der Waals surface area contributed by atoms with Crippen LogP contribution in [-0.4, -0.2) is 10.2 Å². The van der Waals surface area contributed by atoms with Gasteiger partial charge in [0.15, 0.2) is 0 Å². The highest BCUT2D eigenvalue weighted by Crippen LogP contribution is 2.22. The van der Waals surface area contributed by atoms with Gasteiger partial charge in [-0.3, -0.25) is 0 Å². The Morgan fingerprint density at radius 1 is 1.33 bits per heavy atom. The number of aliphatic hydroxyl groups excluding tert-OH is 1. The molecule has 0 amide bonds. The fourth-order valence-electron chi connectivity index (χ4n) is 1.26. The Balaban J connectivity index is 2.74. The van der Waals surface area contributed by atoms with Crippen molar-refractivity contribution in [2.45, 2.75) is 13.3 Å². The first-order valence-electron chi connectivity index (χ1n) is 5.39. The van der Waals surface area contributed by atoms with Gasteiger partial charge in [-0.25, -0.2) is 0 Å². The zero-order valence-corrected chi connectivity index (χ0v) is 11.4. The summed E-state index contributed by atoms with van der Waals surface area (Å²) in [7, 11) is 0. The first kappa shape index (κ1) is 14.7. The van der Waals surface area contributed by atoms with Crippen LogP contribution in [-0.2, 0) is 6.42 Å². The second-order valence-electron chi connectivity index (χ2n) is 3.61.